The zero-order valence-electron chi connectivity index (χ0n) is 44.3. The molecule has 0 aromatic carbocycles. The first-order valence-corrected chi connectivity index (χ1v) is 27.7. The molecule has 0 heterocycles. The molecule has 0 saturated carbocycles. The van der Waals surface area contributed by atoms with Crippen molar-refractivity contribution in [3.8, 4) is 0 Å². The number of rotatable bonds is 48. The molecule has 0 aliphatic rings. The van der Waals surface area contributed by atoms with Crippen molar-refractivity contribution in [3.05, 3.63) is 134 Å². The third kappa shape index (κ3) is 54.4. The molecule has 0 aromatic rings. The van der Waals surface area contributed by atoms with Gasteiger partial charge in [-0.3, -0.25) is 14.4 Å². The smallest absolute Gasteiger partial charge is 0.306 e. The summed E-state index contributed by atoms with van der Waals surface area (Å²) in [5, 5.41) is 0. The second-order valence-corrected chi connectivity index (χ2v) is 17.7. The highest BCUT2D eigenvalue weighted by Gasteiger charge is 2.19. The molecule has 0 aliphatic carbocycles. The Kier molecular flexibility index (Phi) is 52.5. The van der Waals surface area contributed by atoms with Crippen LogP contribution >= 0.6 is 0 Å². The van der Waals surface area contributed by atoms with Gasteiger partial charge in [-0.05, 0) is 141 Å². The maximum absolute atomic E-state index is 12.8. The van der Waals surface area contributed by atoms with Gasteiger partial charge in [0.1, 0.15) is 13.2 Å². The maximum atomic E-state index is 12.8. The van der Waals surface area contributed by atoms with E-state index in [1.165, 1.54) is 51.4 Å². The van der Waals surface area contributed by atoms with Gasteiger partial charge in [0.2, 0.25) is 0 Å². The van der Waals surface area contributed by atoms with Gasteiger partial charge in [0.25, 0.3) is 0 Å². The van der Waals surface area contributed by atoms with Crippen molar-refractivity contribution in [2.45, 2.75) is 232 Å². The molecule has 0 aromatic heterocycles. The molecule has 0 amide bonds. The molecule has 1 atom stereocenters. The minimum atomic E-state index is -0.825. The maximum Gasteiger partial charge on any atom is 0.306 e. The average Bonchev–Trinajstić information content (AvgIpc) is 3.35. The number of hydrogen-bond donors (Lipinski definition) is 0. The SMILES string of the molecule is CC/C=C\C/C=C\C/C=C\C/C=C\C/C=C\CCCCCC(=O)OC[C@@H](COC(=O)CCCC/C=C\C/C=C\C/C=C\CCCCC)OC(=O)CCCCCC/C=C\C/C=C\C/C=C\CCCCC. The summed E-state index contributed by atoms with van der Waals surface area (Å²) in [5.41, 5.74) is 0. The third-order valence-electron chi connectivity index (χ3n) is 11.1. The van der Waals surface area contributed by atoms with Crippen molar-refractivity contribution >= 4 is 17.9 Å². The van der Waals surface area contributed by atoms with E-state index in [1.54, 1.807) is 0 Å². The molecule has 0 N–H and O–H groups in total. The lowest BCUT2D eigenvalue weighted by atomic mass is 10.1. The largest absolute Gasteiger partial charge is 0.462 e. The van der Waals surface area contributed by atoms with Gasteiger partial charge >= 0.3 is 17.9 Å². The highest BCUT2D eigenvalue weighted by molar-refractivity contribution is 5.71. The van der Waals surface area contributed by atoms with Crippen LogP contribution in [0.1, 0.15) is 226 Å². The standard InChI is InChI=1S/C63H100O6/c1-4-7-10-13-16-19-22-25-28-30-31-33-35-38-41-44-47-50-53-56-62(65)68-59-60(58-67-61(64)55-52-49-46-43-40-37-34-27-24-21-18-15-12-9-6-3)69-63(66)57-54-51-48-45-42-39-36-32-29-26-23-20-17-14-11-8-5-2/h7,10,16-21,25-29,31,33-34,36,38-41,43,60H,4-6,8-9,11-15,22-24,30,32,35,37,42,44-59H2,1-3H3/b10-7-,19-16-,20-17-,21-18-,28-25-,29-26-,33-31-,34-27-,39-36-,41-38-,43-40-/t60-/m1/s1. The van der Waals surface area contributed by atoms with Gasteiger partial charge in [0.15, 0.2) is 6.10 Å². The van der Waals surface area contributed by atoms with Crippen molar-refractivity contribution in [1.82, 2.24) is 0 Å². The van der Waals surface area contributed by atoms with E-state index in [0.717, 1.165) is 128 Å². The summed E-state index contributed by atoms with van der Waals surface area (Å²) in [6, 6.07) is 0. The van der Waals surface area contributed by atoms with Gasteiger partial charge < -0.3 is 14.2 Å². The number of hydrogen-bond acceptors (Lipinski definition) is 6. The van der Waals surface area contributed by atoms with E-state index in [1.807, 2.05) is 0 Å². The van der Waals surface area contributed by atoms with E-state index < -0.39 is 6.10 Å². The Labute approximate surface area is 424 Å². The zero-order chi connectivity index (χ0) is 50.0. The highest BCUT2D eigenvalue weighted by atomic mass is 16.6. The summed E-state index contributed by atoms with van der Waals surface area (Å²) in [4.78, 5) is 38.1. The lowest BCUT2D eigenvalue weighted by molar-refractivity contribution is -0.167. The van der Waals surface area contributed by atoms with Gasteiger partial charge in [0.05, 0.1) is 0 Å². The summed E-state index contributed by atoms with van der Waals surface area (Å²) < 4.78 is 16.8. The molecule has 0 aliphatic heterocycles. The van der Waals surface area contributed by atoms with Crippen LogP contribution in [0.3, 0.4) is 0 Å². The fourth-order valence-electron chi connectivity index (χ4n) is 6.95. The minimum absolute atomic E-state index is 0.121. The summed E-state index contributed by atoms with van der Waals surface area (Å²) in [5.74, 6) is -1.02. The van der Waals surface area contributed by atoms with Gasteiger partial charge in [-0.2, -0.15) is 0 Å². The molecule has 0 bridgehead atoms. The number of esters is 3. The van der Waals surface area contributed by atoms with Gasteiger partial charge in [0, 0.05) is 19.3 Å². The van der Waals surface area contributed by atoms with E-state index in [2.05, 4.69) is 154 Å². The molecule has 6 nitrogen and oxygen atoms in total. The Hall–Kier alpha value is -4.45. The fraction of sp³-hybridized carbons (Fsp3) is 0.603. The summed E-state index contributed by atoms with van der Waals surface area (Å²) in [7, 11) is 0. The molecule has 388 valence electrons. The topological polar surface area (TPSA) is 78.9 Å². The molecule has 6 heteroatoms. The Morgan fingerprint density at radius 2 is 0.565 bits per heavy atom. The fourth-order valence-corrected chi connectivity index (χ4v) is 6.95. The Morgan fingerprint density at radius 3 is 0.913 bits per heavy atom. The van der Waals surface area contributed by atoms with Gasteiger partial charge in [-0.15, -0.1) is 0 Å². The lowest BCUT2D eigenvalue weighted by Crippen LogP contribution is -2.30. The van der Waals surface area contributed by atoms with Crippen LogP contribution in [-0.4, -0.2) is 37.2 Å². The van der Waals surface area contributed by atoms with Crippen LogP contribution in [-0.2, 0) is 28.6 Å². The molecule has 0 fully saturated rings. The molecule has 69 heavy (non-hydrogen) atoms. The van der Waals surface area contributed by atoms with Crippen molar-refractivity contribution in [2.24, 2.45) is 0 Å². The minimum Gasteiger partial charge on any atom is -0.462 e. The van der Waals surface area contributed by atoms with E-state index in [-0.39, 0.29) is 37.5 Å². The van der Waals surface area contributed by atoms with E-state index >= 15 is 0 Å². The van der Waals surface area contributed by atoms with Crippen molar-refractivity contribution in [1.29, 1.82) is 0 Å². The summed E-state index contributed by atoms with van der Waals surface area (Å²) in [6.45, 7) is 6.37. The number of ether oxygens (including phenoxy) is 3. The monoisotopic (exact) mass is 953 g/mol. The molecular formula is C63H100O6. The van der Waals surface area contributed by atoms with Crippen LogP contribution in [0.2, 0.25) is 0 Å². The second kappa shape index (κ2) is 56.1. The Bertz CT molecular complexity index is 1510. The van der Waals surface area contributed by atoms with Crippen LogP contribution in [0, 0.1) is 0 Å². The molecule has 0 rings (SSSR count). The first-order chi connectivity index (χ1) is 34.0. The van der Waals surface area contributed by atoms with Crippen molar-refractivity contribution in [2.75, 3.05) is 13.2 Å². The van der Waals surface area contributed by atoms with Crippen LogP contribution in [0.5, 0.6) is 0 Å². The number of carbonyl (C=O) groups excluding carboxylic acids is 3. The predicted octanol–water partition coefficient (Wildman–Crippen LogP) is 18.6. The number of carbonyl (C=O) groups is 3. The van der Waals surface area contributed by atoms with Crippen molar-refractivity contribution in [3.63, 3.8) is 0 Å². The third-order valence-corrected chi connectivity index (χ3v) is 11.1. The summed E-state index contributed by atoms with van der Waals surface area (Å²) >= 11 is 0. The molecule has 0 spiro atoms. The van der Waals surface area contributed by atoms with E-state index in [0.29, 0.717) is 19.3 Å². The predicted molar refractivity (Wildman–Crippen MR) is 297 cm³/mol. The number of allylic oxidation sites excluding steroid dienone is 22. The number of unbranched alkanes of at least 4 members (excludes halogenated alkanes) is 15. The summed E-state index contributed by atoms with van der Waals surface area (Å²) in [6.07, 6.45) is 78.6. The highest BCUT2D eigenvalue weighted by Crippen LogP contribution is 2.12. The van der Waals surface area contributed by atoms with Crippen LogP contribution in [0.15, 0.2) is 134 Å². The molecule has 0 saturated heterocycles. The zero-order valence-corrected chi connectivity index (χ0v) is 44.3. The lowest BCUT2D eigenvalue weighted by Gasteiger charge is -2.18. The first kappa shape index (κ1) is 64.5. The quantitative estimate of drug-likeness (QED) is 0.0262. The van der Waals surface area contributed by atoms with Gasteiger partial charge in [-0.25, -0.2) is 0 Å². The molecule has 0 unspecified atom stereocenters. The normalized spacial score (nSPS) is 13.1. The van der Waals surface area contributed by atoms with Crippen LogP contribution in [0.25, 0.3) is 0 Å². The average molecular weight is 953 g/mol. The van der Waals surface area contributed by atoms with Crippen LogP contribution in [0.4, 0.5) is 0 Å². The van der Waals surface area contributed by atoms with Gasteiger partial charge in [-0.1, -0.05) is 199 Å². The molecular weight excluding hydrogens is 853 g/mol. The van der Waals surface area contributed by atoms with Crippen molar-refractivity contribution < 1.29 is 28.6 Å². The Morgan fingerprint density at radius 1 is 0.304 bits per heavy atom. The van der Waals surface area contributed by atoms with Crippen LogP contribution < -0.4 is 0 Å². The van der Waals surface area contributed by atoms with E-state index in [9.17, 15) is 14.4 Å². The van der Waals surface area contributed by atoms with E-state index in [4.69, 9.17) is 14.2 Å². The molecule has 0 radical (unpaired) electrons. The second-order valence-electron chi connectivity index (χ2n) is 17.7. The Balaban J connectivity index is 4.58. The first-order valence-electron chi connectivity index (χ1n) is 27.7.